The van der Waals surface area contributed by atoms with Gasteiger partial charge in [0.15, 0.2) is 17.3 Å². The third-order valence-electron chi connectivity index (χ3n) is 7.59. The van der Waals surface area contributed by atoms with Gasteiger partial charge in [-0.25, -0.2) is 0 Å². The Morgan fingerprint density at radius 1 is 1.21 bits per heavy atom. The van der Waals surface area contributed by atoms with Gasteiger partial charge in [-0.3, -0.25) is 19.8 Å². The van der Waals surface area contributed by atoms with E-state index in [0.29, 0.717) is 54.4 Å². The number of allylic oxidation sites excluding steroid dienone is 1. The first-order valence-corrected chi connectivity index (χ1v) is 13.5. The number of benzene rings is 1. The van der Waals surface area contributed by atoms with Crippen LogP contribution < -0.4 is 14.2 Å². The summed E-state index contributed by atoms with van der Waals surface area (Å²) >= 11 is 6.40. The molecule has 3 atom stereocenters. The molecule has 0 radical (unpaired) electrons. The van der Waals surface area contributed by atoms with E-state index in [1.54, 1.807) is 12.1 Å². The number of ether oxygens (including phenoxy) is 5. The molecule has 2 aliphatic rings. The van der Waals surface area contributed by atoms with Crippen LogP contribution in [-0.4, -0.2) is 93.4 Å². The topological polar surface area (TPSA) is 125 Å². The molecule has 2 heterocycles. The molecule has 0 amide bonds. The van der Waals surface area contributed by atoms with Gasteiger partial charge in [0.05, 0.1) is 56.8 Å². The molecule has 39 heavy (non-hydrogen) atoms. The maximum Gasteiger partial charge on any atom is 0.255 e. The van der Waals surface area contributed by atoms with Crippen LogP contribution in [0.3, 0.4) is 0 Å². The van der Waals surface area contributed by atoms with E-state index in [9.17, 15) is 14.9 Å². The number of alkyl halides is 1. The molecule has 1 N–H and O–H groups in total. The van der Waals surface area contributed by atoms with Crippen molar-refractivity contribution in [1.29, 1.82) is 0 Å². The molecule has 11 nitrogen and oxygen atoms in total. The summed E-state index contributed by atoms with van der Waals surface area (Å²) in [5.41, 5.74) is -0.140. The molecule has 1 fully saturated rings. The van der Waals surface area contributed by atoms with Crippen molar-refractivity contribution in [3.05, 3.63) is 39.7 Å². The number of nitro groups is 1. The van der Waals surface area contributed by atoms with Crippen molar-refractivity contribution in [2.24, 2.45) is 11.3 Å². The standard InChI is InChI=1S/C27H36ClN3O8/c1-27(16-28)7-6-19(31(33)34)21(26(27)39-11-5-8-30-9-12-38-13-10-30)23(32)18-14-17-15-20(35-2)24(36-3)25(37-4)22(17)29-18/h6,14-15,21,26,29H,5,7-13,16H2,1-4H3. The van der Waals surface area contributed by atoms with Gasteiger partial charge in [0.1, 0.15) is 5.92 Å². The number of ketones is 1. The Balaban J connectivity index is 1.67. The minimum Gasteiger partial charge on any atom is -0.493 e. The van der Waals surface area contributed by atoms with Crippen LogP contribution in [0.4, 0.5) is 0 Å². The first-order valence-electron chi connectivity index (χ1n) is 13.0. The number of Topliss-reactive ketones (excluding diaryl/α,β-unsaturated/α-hetero) is 1. The van der Waals surface area contributed by atoms with Gasteiger partial charge < -0.3 is 28.7 Å². The Morgan fingerprint density at radius 2 is 1.92 bits per heavy atom. The van der Waals surface area contributed by atoms with E-state index >= 15 is 0 Å². The van der Waals surface area contributed by atoms with Crippen molar-refractivity contribution >= 4 is 28.3 Å². The van der Waals surface area contributed by atoms with Crippen molar-refractivity contribution in [1.82, 2.24) is 9.88 Å². The Bertz CT molecular complexity index is 1230. The molecule has 1 aromatic heterocycles. The van der Waals surface area contributed by atoms with Crippen LogP contribution in [0, 0.1) is 21.4 Å². The quantitative estimate of drug-likeness (QED) is 0.134. The number of nitrogens with one attached hydrogen (secondary N) is 1. The van der Waals surface area contributed by atoms with Crippen LogP contribution in [-0.2, 0) is 9.47 Å². The van der Waals surface area contributed by atoms with Crippen LogP contribution in [0.2, 0.25) is 0 Å². The highest BCUT2D eigenvalue weighted by atomic mass is 35.5. The number of nitrogens with zero attached hydrogens (tertiary/aromatic N) is 2. The first kappa shape index (κ1) is 29.1. The maximum atomic E-state index is 14.1. The van der Waals surface area contributed by atoms with Crippen LogP contribution in [0.15, 0.2) is 23.9 Å². The number of carbonyl (C=O) groups is 1. The number of morpholine rings is 1. The summed E-state index contributed by atoms with van der Waals surface area (Å²) in [6, 6.07) is 3.36. The van der Waals surface area contributed by atoms with Crippen LogP contribution in [0.5, 0.6) is 17.2 Å². The second-order valence-electron chi connectivity index (χ2n) is 10.1. The Morgan fingerprint density at radius 3 is 2.54 bits per heavy atom. The Kier molecular flexibility index (Phi) is 9.37. The highest BCUT2D eigenvalue weighted by Gasteiger charge is 2.51. The van der Waals surface area contributed by atoms with Crippen molar-refractivity contribution in [2.45, 2.75) is 25.9 Å². The lowest BCUT2D eigenvalue weighted by Gasteiger charge is -2.41. The minimum atomic E-state index is -1.15. The summed E-state index contributed by atoms with van der Waals surface area (Å²) in [7, 11) is 4.48. The Hall–Kier alpha value is -2.86. The van der Waals surface area contributed by atoms with Crippen molar-refractivity contribution in [3.63, 3.8) is 0 Å². The van der Waals surface area contributed by atoms with E-state index in [1.165, 1.54) is 27.4 Å². The lowest BCUT2D eigenvalue weighted by atomic mass is 9.69. The molecule has 0 bridgehead atoms. The van der Waals surface area contributed by atoms with E-state index in [2.05, 4.69) is 9.88 Å². The summed E-state index contributed by atoms with van der Waals surface area (Å²) in [5, 5.41) is 12.8. The molecule has 2 aromatic rings. The molecule has 1 aromatic carbocycles. The molecule has 12 heteroatoms. The zero-order valence-electron chi connectivity index (χ0n) is 22.8. The molecule has 3 unspecified atom stereocenters. The second kappa shape index (κ2) is 12.5. The van der Waals surface area contributed by atoms with Crippen molar-refractivity contribution in [2.75, 3.05) is 66.7 Å². The summed E-state index contributed by atoms with van der Waals surface area (Å²) in [5.74, 6) is -0.262. The van der Waals surface area contributed by atoms with Gasteiger partial charge in [0.2, 0.25) is 5.75 Å². The largest absolute Gasteiger partial charge is 0.493 e. The first-order chi connectivity index (χ1) is 18.8. The number of aromatic nitrogens is 1. The third kappa shape index (κ3) is 5.86. The van der Waals surface area contributed by atoms with Gasteiger partial charge in [0, 0.05) is 42.9 Å². The fourth-order valence-electron chi connectivity index (χ4n) is 5.39. The normalized spacial score (nSPS) is 23.9. The number of aromatic amines is 1. The van der Waals surface area contributed by atoms with Gasteiger partial charge >= 0.3 is 0 Å². The highest BCUT2D eigenvalue weighted by Crippen LogP contribution is 2.46. The molecular formula is C27H36ClN3O8. The van der Waals surface area contributed by atoms with Crippen molar-refractivity contribution in [3.8, 4) is 17.2 Å². The van der Waals surface area contributed by atoms with Crippen LogP contribution >= 0.6 is 11.6 Å². The Labute approximate surface area is 232 Å². The van der Waals surface area contributed by atoms with Crippen molar-refractivity contribution < 1.29 is 33.4 Å². The summed E-state index contributed by atoms with van der Waals surface area (Å²) < 4.78 is 28.2. The minimum absolute atomic E-state index is 0.179. The fraction of sp³-hybridized carbons (Fsp3) is 0.593. The monoisotopic (exact) mass is 565 g/mol. The molecule has 0 spiro atoms. The average molecular weight is 566 g/mol. The number of carbonyl (C=O) groups excluding carboxylic acids is 1. The van der Waals surface area contributed by atoms with E-state index in [4.69, 9.17) is 35.3 Å². The second-order valence-corrected chi connectivity index (χ2v) is 10.4. The third-order valence-corrected chi connectivity index (χ3v) is 8.20. The zero-order chi connectivity index (χ0) is 28.2. The molecule has 214 valence electrons. The summed E-state index contributed by atoms with van der Waals surface area (Å²) in [4.78, 5) is 31.1. The summed E-state index contributed by atoms with van der Waals surface area (Å²) in [6.07, 6.45) is 1.78. The van der Waals surface area contributed by atoms with E-state index < -0.39 is 28.1 Å². The summed E-state index contributed by atoms with van der Waals surface area (Å²) in [6.45, 7) is 6.19. The number of halogens is 1. The maximum absolute atomic E-state index is 14.1. The molecule has 4 rings (SSSR count). The highest BCUT2D eigenvalue weighted by molar-refractivity contribution is 6.18. The fourth-order valence-corrected chi connectivity index (χ4v) is 5.66. The predicted molar refractivity (Wildman–Crippen MR) is 146 cm³/mol. The zero-order valence-corrected chi connectivity index (χ0v) is 23.5. The van der Waals surface area contributed by atoms with Gasteiger partial charge in [-0.15, -0.1) is 11.6 Å². The van der Waals surface area contributed by atoms with Gasteiger partial charge in [-0.05, 0) is 31.1 Å². The van der Waals surface area contributed by atoms with E-state index in [0.717, 1.165) is 26.1 Å². The number of fused-ring (bicyclic) bond motifs is 1. The smallest absolute Gasteiger partial charge is 0.255 e. The van der Waals surface area contributed by atoms with Crippen LogP contribution in [0.1, 0.15) is 30.3 Å². The number of rotatable bonds is 12. The van der Waals surface area contributed by atoms with E-state index in [1.807, 2.05) is 6.92 Å². The molecule has 1 aliphatic carbocycles. The van der Waals surface area contributed by atoms with E-state index in [-0.39, 0.29) is 17.3 Å². The number of H-pyrrole nitrogens is 1. The number of methoxy groups -OCH3 is 3. The SMILES string of the molecule is COc1cc2cc(C(=O)C3C([N+](=O)[O-])=CCC(C)(CCl)C3OCCCN3CCOCC3)[nH]c2c(OC)c1OC. The van der Waals surface area contributed by atoms with Gasteiger partial charge in [0.25, 0.3) is 5.70 Å². The predicted octanol–water partition coefficient (Wildman–Crippen LogP) is 3.91. The van der Waals surface area contributed by atoms with Crippen LogP contribution in [0.25, 0.3) is 10.9 Å². The number of hydrogen-bond acceptors (Lipinski definition) is 9. The van der Waals surface area contributed by atoms with Gasteiger partial charge in [-0.2, -0.15) is 0 Å². The van der Waals surface area contributed by atoms with Gasteiger partial charge in [-0.1, -0.05) is 6.92 Å². The molecule has 1 aliphatic heterocycles. The average Bonchev–Trinajstić information content (AvgIpc) is 3.38. The lowest BCUT2D eigenvalue weighted by molar-refractivity contribution is -0.436. The lowest BCUT2D eigenvalue weighted by Crippen LogP contribution is -2.49. The molecule has 0 saturated carbocycles. The molecule has 1 saturated heterocycles. The molecular weight excluding hydrogens is 530 g/mol. The number of hydrogen-bond donors (Lipinski definition) is 1.